The summed E-state index contributed by atoms with van der Waals surface area (Å²) in [5.41, 5.74) is 3.65. The Morgan fingerprint density at radius 2 is 1.82 bits per heavy atom. The number of rotatable bonds is 7. The lowest BCUT2D eigenvalue weighted by atomic mass is 10.0. The predicted octanol–water partition coefficient (Wildman–Crippen LogP) is 2.69. The van der Waals surface area contributed by atoms with Gasteiger partial charge < -0.3 is 9.64 Å². The van der Waals surface area contributed by atoms with Gasteiger partial charge in [-0.05, 0) is 64.7 Å². The van der Waals surface area contributed by atoms with Gasteiger partial charge in [0, 0.05) is 25.4 Å². The van der Waals surface area contributed by atoms with Crippen LogP contribution in [0.1, 0.15) is 49.1 Å². The van der Waals surface area contributed by atoms with E-state index in [1.165, 1.54) is 9.58 Å². The smallest absolute Gasteiger partial charge is 0.279 e. The molecule has 176 valence electrons. The summed E-state index contributed by atoms with van der Waals surface area (Å²) in [7, 11) is 0. The molecule has 2 aromatic rings. The molecule has 1 unspecified atom stereocenters. The van der Waals surface area contributed by atoms with Gasteiger partial charge in [0.05, 0.1) is 29.5 Å². The van der Waals surface area contributed by atoms with Gasteiger partial charge in [0.2, 0.25) is 0 Å². The summed E-state index contributed by atoms with van der Waals surface area (Å²) in [6.07, 6.45) is 1.58. The molecule has 1 aromatic heterocycles. The Bertz CT molecular complexity index is 1180. The van der Waals surface area contributed by atoms with Crippen LogP contribution in [0.25, 0.3) is 11.3 Å². The highest BCUT2D eigenvalue weighted by molar-refractivity contribution is 6.35. The molecule has 3 heterocycles. The Morgan fingerprint density at radius 1 is 1.09 bits per heavy atom. The molecule has 1 atom stereocenters. The molecule has 1 fully saturated rings. The van der Waals surface area contributed by atoms with Gasteiger partial charge in [-0.2, -0.15) is 0 Å². The SMILES string of the molecule is CCN(CC)C1=C(c2c(C)[nH]n(-c3cc(C)ccc3C)c2=O)C(=O)N(CC2CCCO2)C1=O. The van der Waals surface area contributed by atoms with Gasteiger partial charge >= 0.3 is 0 Å². The van der Waals surface area contributed by atoms with Crippen LogP contribution in [0.4, 0.5) is 0 Å². The first-order valence-corrected chi connectivity index (χ1v) is 11.6. The van der Waals surface area contributed by atoms with Crippen molar-refractivity contribution in [3.63, 3.8) is 0 Å². The van der Waals surface area contributed by atoms with Gasteiger partial charge in [0.1, 0.15) is 5.70 Å². The second kappa shape index (κ2) is 9.02. The number of ether oxygens (including phenoxy) is 1. The maximum absolute atomic E-state index is 13.7. The van der Waals surface area contributed by atoms with E-state index >= 15 is 0 Å². The Hall–Kier alpha value is -3.13. The number of likely N-dealkylation sites (N-methyl/N-ethyl adjacent to an activating group) is 1. The highest BCUT2D eigenvalue weighted by Gasteiger charge is 2.44. The Kier molecular flexibility index (Phi) is 6.30. The van der Waals surface area contributed by atoms with Crippen molar-refractivity contribution in [3.8, 4) is 5.69 Å². The number of imide groups is 1. The van der Waals surface area contributed by atoms with Crippen molar-refractivity contribution in [3.05, 3.63) is 56.6 Å². The van der Waals surface area contributed by atoms with E-state index in [1.54, 1.807) is 6.92 Å². The van der Waals surface area contributed by atoms with Gasteiger partial charge in [-0.3, -0.25) is 24.4 Å². The van der Waals surface area contributed by atoms with Crippen LogP contribution in [0, 0.1) is 20.8 Å². The van der Waals surface area contributed by atoms with Gasteiger partial charge in [-0.25, -0.2) is 4.68 Å². The van der Waals surface area contributed by atoms with Crippen molar-refractivity contribution in [1.29, 1.82) is 0 Å². The fourth-order valence-corrected chi connectivity index (χ4v) is 4.75. The number of hydrogen-bond donors (Lipinski definition) is 1. The van der Waals surface area contributed by atoms with E-state index in [9.17, 15) is 14.4 Å². The molecule has 2 aliphatic rings. The van der Waals surface area contributed by atoms with Crippen LogP contribution in [0.3, 0.4) is 0 Å². The van der Waals surface area contributed by atoms with E-state index in [0.717, 1.165) is 29.7 Å². The first kappa shape index (κ1) is 23.0. The molecule has 0 saturated carbocycles. The number of aromatic amines is 1. The molecule has 2 amide bonds. The van der Waals surface area contributed by atoms with E-state index in [4.69, 9.17) is 4.74 Å². The van der Waals surface area contributed by atoms with Gasteiger partial charge in [-0.15, -0.1) is 0 Å². The molecule has 4 rings (SSSR count). The minimum Gasteiger partial charge on any atom is -0.376 e. The predicted molar refractivity (Wildman–Crippen MR) is 126 cm³/mol. The highest BCUT2D eigenvalue weighted by atomic mass is 16.5. The van der Waals surface area contributed by atoms with Crippen LogP contribution in [-0.4, -0.2) is 63.7 Å². The maximum atomic E-state index is 13.7. The molecule has 1 N–H and O–H groups in total. The van der Waals surface area contributed by atoms with Crippen molar-refractivity contribution in [2.75, 3.05) is 26.2 Å². The first-order chi connectivity index (χ1) is 15.8. The summed E-state index contributed by atoms with van der Waals surface area (Å²) in [6.45, 7) is 11.5. The molecular weight excluding hydrogens is 420 g/mol. The minimum absolute atomic E-state index is 0.158. The van der Waals surface area contributed by atoms with E-state index in [2.05, 4.69) is 5.10 Å². The zero-order valence-electron chi connectivity index (χ0n) is 20.0. The topological polar surface area (TPSA) is 87.6 Å². The van der Waals surface area contributed by atoms with Crippen molar-refractivity contribution in [1.82, 2.24) is 19.6 Å². The van der Waals surface area contributed by atoms with Gasteiger partial charge in [0.15, 0.2) is 0 Å². The molecule has 8 nitrogen and oxygen atoms in total. The summed E-state index contributed by atoms with van der Waals surface area (Å²) in [4.78, 5) is 43.9. The lowest BCUT2D eigenvalue weighted by molar-refractivity contribution is -0.139. The number of benzene rings is 1. The van der Waals surface area contributed by atoms with Crippen LogP contribution in [0.2, 0.25) is 0 Å². The zero-order valence-corrected chi connectivity index (χ0v) is 20.0. The van der Waals surface area contributed by atoms with Crippen molar-refractivity contribution in [2.24, 2.45) is 0 Å². The molecule has 8 heteroatoms. The Morgan fingerprint density at radius 3 is 2.45 bits per heavy atom. The number of H-pyrrole nitrogens is 1. The summed E-state index contributed by atoms with van der Waals surface area (Å²) >= 11 is 0. The van der Waals surface area contributed by atoms with Crippen LogP contribution in [0.5, 0.6) is 0 Å². The fraction of sp³-hybridized carbons (Fsp3) is 0.480. The number of carbonyl (C=O) groups excluding carboxylic acids is 2. The quantitative estimate of drug-likeness (QED) is 0.653. The second-order valence-corrected chi connectivity index (χ2v) is 8.79. The Labute approximate surface area is 193 Å². The summed E-state index contributed by atoms with van der Waals surface area (Å²) in [6, 6.07) is 5.88. The number of aromatic nitrogens is 2. The average Bonchev–Trinajstić information content (AvgIpc) is 3.46. The molecular formula is C25H32N4O4. The lowest BCUT2D eigenvalue weighted by Gasteiger charge is -2.23. The normalized spacial score (nSPS) is 18.7. The highest BCUT2D eigenvalue weighted by Crippen LogP contribution is 2.32. The number of amides is 2. The van der Waals surface area contributed by atoms with E-state index < -0.39 is 5.91 Å². The molecule has 0 bridgehead atoms. The molecule has 1 saturated heterocycles. The number of nitrogens with zero attached hydrogens (tertiary/aromatic N) is 3. The number of nitrogens with one attached hydrogen (secondary N) is 1. The van der Waals surface area contributed by atoms with Gasteiger partial charge in [-0.1, -0.05) is 12.1 Å². The largest absolute Gasteiger partial charge is 0.376 e. The average molecular weight is 453 g/mol. The lowest BCUT2D eigenvalue weighted by Crippen LogP contribution is -2.40. The molecule has 33 heavy (non-hydrogen) atoms. The number of carbonyl (C=O) groups is 2. The summed E-state index contributed by atoms with van der Waals surface area (Å²) < 4.78 is 7.16. The third kappa shape index (κ3) is 3.93. The Balaban J connectivity index is 1.86. The van der Waals surface area contributed by atoms with Crippen molar-refractivity contribution >= 4 is 17.4 Å². The fourth-order valence-electron chi connectivity index (χ4n) is 4.75. The monoisotopic (exact) mass is 452 g/mol. The molecule has 0 radical (unpaired) electrons. The first-order valence-electron chi connectivity index (χ1n) is 11.6. The second-order valence-electron chi connectivity index (χ2n) is 8.79. The van der Waals surface area contributed by atoms with Crippen LogP contribution < -0.4 is 5.56 Å². The maximum Gasteiger partial charge on any atom is 0.279 e. The molecule has 1 aromatic carbocycles. The summed E-state index contributed by atoms with van der Waals surface area (Å²) in [5.74, 6) is -0.780. The number of hydrogen-bond acceptors (Lipinski definition) is 5. The molecule has 0 spiro atoms. The van der Waals surface area contributed by atoms with E-state index in [-0.39, 0.29) is 35.3 Å². The van der Waals surface area contributed by atoms with E-state index in [1.807, 2.05) is 50.8 Å². The van der Waals surface area contributed by atoms with Crippen LogP contribution in [-0.2, 0) is 14.3 Å². The third-order valence-electron chi connectivity index (χ3n) is 6.56. The van der Waals surface area contributed by atoms with Crippen molar-refractivity contribution in [2.45, 2.75) is 53.6 Å². The van der Waals surface area contributed by atoms with E-state index in [0.29, 0.717) is 31.1 Å². The zero-order chi connectivity index (χ0) is 23.9. The number of aryl methyl sites for hydroxylation is 3. The van der Waals surface area contributed by atoms with Gasteiger partial charge in [0.25, 0.3) is 17.4 Å². The van der Waals surface area contributed by atoms with Crippen LogP contribution >= 0.6 is 0 Å². The summed E-state index contributed by atoms with van der Waals surface area (Å²) in [5, 5.41) is 3.14. The standard InChI is InChI=1S/C25H32N4O4/c1-6-27(7-2)22-21(23(30)28(25(22)32)14-18-9-8-12-33-18)20-17(5)26-29(24(20)31)19-13-15(3)10-11-16(19)4/h10-11,13,18,26H,6-9,12,14H2,1-5H3. The third-order valence-corrected chi connectivity index (χ3v) is 6.56. The molecule has 0 aliphatic carbocycles. The van der Waals surface area contributed by atoms with Crippen molar-refractivity contribution < 1.29 is 14.3 Å². The molecule has 2 aliphatic heterocycles. The minimum atomic E-state index is -0.426. The van der Waals surface area contributed by atoms with Crippen LogP contribution in [0.15, 0.2) is 28.7 Å².